The van der Waals surface area contributed by atoms with Crippen LogP contribution in [0.4, 0.5) is 5.69 Å². The monoisotopic (exact) mass is 378 g/mol. The molecule has 2 aromatic carbocycles. The first-order valence-electron chi connectivity index (χ1n) is 7.98. The second-order valence-corrected chi connectivity index (χ2v) is 7.42. The summed E-state index contributed by atoms with van der Waals surface area (Å²) in [5.41, 5.74) is 1.56. The van der Waals surface area contributed by atoms with Crippen molar-refractivity contribution in [2.75, 3.05) is 24.7 Å². The Morgan fingerprint density at radius 2 is 1.58 bits per heavy atom. The number of carbonyl (C=O) groups excluding carboxylic acids is 1. The molecule has 0 aliphatic rings. The highest BCUT2D eigenvalue weighted by atomic mass is 32.2. The van der Waals surface area contributed by atoms with E-state index in [-0.39, 0.29) is 18.2 Å². The lowest BCUT2D eigenvalue weighted by Crippen LogP contribution is -2.23. The van der Waals surface area contributed by atoms with Crippen molar-refractivity contribution in [1.82, 2.24) is 5.32 Å². The van der Waals surface area contributed by atoms with E-state index < -0.39 is 10.0 Å². The number of ether oxygens (including phenoxy) is 2. The summed E-state index contributed by atoms with van der Waals surface area (Å²) in [4.78, 5) is 12.3. The molecule has 0 radical (unpaired) electrons. The molecular formula is C18H22N2O5S. The molecule has 140 valence electrons. The van der Waals surface area contributed by atoms with Crippen LogP contribution in [0.5, 0.6) is 11.5 Å². The highest BCUT2D eigenvalue weighted by Crippen LogP contribution is 2.28. The van der Waals surface area contributed by atoms with Crippen molar-refractivity contribution in [3.8, 4) is 11.5 Å². The van der Waals surface area contributed by atoms with Crippen molar-refractivity contribution >= 4 is 21.6 Å². The van der Waals surface area contributed by atoms with Crippen LogP contribution < -0.4 is 19.5 Å². The number of benzene rings is 2. The van der Waals surface area contributed by atoms with Crippen LogP contribution in [0, 0.1) is 0 Å². The molecule has 0 heterocycles. The Morgan fingerprint density at radius 1 is 1.00 bits per heavy atom. The Hall–Kier alpha value is -2.74. The van der Waals surface area contributed by atoms with Crippen LogP contribution in [-0.2, 0) is 16.6 Å². The molecular weight excluding hydrogens is 356 g/mol. The second kappa shape index (κ2) is 8.57. The van der Waals surface area contributed by atoms with Gasteiger partial charge in [-0.25, -0.2) is 8.42 Å². The third-order valence-corrected chi connectivity index (χ3v) is 5.06. The van der Waals surface area contributed by atoms with Crippen LogP contribution in [0.25, 0.3) is 0 Å². The molecule has 1 amide bonds. The lowest BCUT2D eigenvalue weighted by Gasteiger charge is -2.14. The fraction of sp³-hybridized carbons (Fsp3) is 0.278. The van der Waals surface area contributed by atoms with Gasteiger partial charge in [-0.2, -0.15) is 0 Å². The number of methoxy groups -OCH3 is 2. The van der Waals surface area contributed by atoms with Gasteiger partial charge >= 0.3 is 0 Å². The first kappa shape index (κ1) is 19.6. The molecule has 26 heavy (non-hydrogen) atoms. The number of amides is 1. The van der Waals surface area contributed by atoms with Crippen molar-refractivity contribution in [1.29, 1.82) is 0 Å². The zero-order chi connectivity index (χ0) is 19.2. The van der Waals surface area contributed by atoms with E-state index in [9.17, 15) is 13.2 Å². The zero-order valence-electron chi connectivity index (χ0n) is 14.9. The summed E-state index contributed by atoms with van der Waals surface area (Å²) >= 11 is 0. The van der Waals surface area contributed by atoms with E-state index in [0.29, 0.717) is 22.7 Å². The van der Waals surface area contributed by atoms with Crippen LogP contribution in [0.3, 0.4) is 0 Å². The quantitative estimate of drug-likeness (QED) is 0.736. The van der Waals surface area contributed by atoms with Gasteiger partial charge in [-0.15, -0.1) is 0 Å². The fourth-order valence-electron chi connectivity index (χ4n) is 2.31. The molecule has 0 aromatic heterocycles. The molecule has 0 bridgehead atoms. The lowest BCUT2D eigenvalue weighted by atomic mass is 10.1. The molecule has 2 N–H and O–H groups in total. The standard InChI is InChI=1S/C18H22N2O5S/c1-4-26(22,23)20-14-10-8-13(9-11-14)18(21)19-12-15-16(24-2)6-5-7-17(15)25-3/h5-11,20H,4,12H2,1-3H3,(H,19,21). The Labute approximate surface area is 153 Å². The molecule has 0 saturated heterocycles. The summed E-state index contributed by atoms with van der Waals surface area (Å²) in [6, 6.07) is 11.6. The number of rotatable bonds is 8. The topological polar surface area (TPSA) is 93.7 Å². The lowest BCUT2D eigenvalue weighted by molar-refractivity contribution is 0.0950. The van der Waals surface area contributed by atoms with E-state index >= 15 is 0 Å². The van der Waals surface area contributed by atoms with Crippen molar-refractivity contribution in [2.45, 2.75) is 13.5 Å². The molecule has 2 rings (SSSR count). The van der Waals surface area contributed by atoms with E-state index in [1.165, 1.54) is 0 Å². The van der Waals surface area contributed by atoms with E-state index in [2.05, 4.69) is 10.0 Å². The summed E-state index contributed by atoms with van der Waals surface area (Å²) < 4.78 is 36.1. The normalized spacial score (nSPS) is 10.9. The number of nitrogens with one attached hydrogen (secondary N) is 2. The average Bonchev–Trinajstić information content (AvgIpc) is 2.66. The average molecular weight is 378 g/mol. The smallest absolute Gasteiger partial charge is 0.251 e. The Kier molecular flexibility index (Phi) is 6.46. The van der Waals surface area contributed by atoms with Crippen molar-refractivity contribution in [3.05, 3.63) is 53.6 Å². The van der Waals surface area contributed by atoms with Gasteiger partial charge in [0.25, 0.3) is 5.91 Å². The number of sulfonamides is 1. The Bertz CT molecular complexity index is 841. The molecule has 0 unspecified atom stereocenters. The van der Waals surface area contributed by atoms with E-state index in [1.54, 1.807) is 63.6 Å². The van der Waals surface area contributed by atoms with Gasteiger partial charge in [0.05, 0.1) is 32.1 Å². The van der Waals surface area contributed by atoms with E-state index in [1.807, 2.05) is 0 Å². The maximum atomic E-state index is 12.3. The first-order valence-corrected chi connectivity index (χ1v) is 9.64. The van der Waals surface area contributed by atoms with Gasteiger partial charge < -0.3 is 14.8 Å². The molecule has 0 fully saturated rings. The summed E-state index contributed by atoms with van der Waals surface area (Å²) in [5, 5.41) is 2.81. The maximum absolute atomic E-state index is 12.3. The number of anilines is 1. The van der Waals surface area contributed by atoms with E-state index in [0.717, 1.165) is 5.56 Å². The first-order chi connectivity index (χ1) is 12.4. The second-order valence-electron chi connectivity index (χ2n) is 5.41. The predicted octanol–water partition coefficient (Wildman–Crippen LogP) is 2.40. The molecule has 0 spiro atoms. The number of hydrogen-bond donors (Lipinski definition) is 2. The molecule has 0 saturated carbocycles. The zero-order valence-corrected chi connectivity index (χ0v) is 15.7. The Balaban J connectivity index is 2.07. The van der Waals surface area contributed by atoms with Crippen LogP contribution in [0.15, 0.2) is 42.5 Å². The van der Waals surface area contributed by atoms with Crippen LogP contribution >= 0.6 is 0 Å². The third kappa shape index (κ3) is 4.89. The van der Waals surface area contributed by atoms with Crippen molar-refractivity contribution in [2.24, 2.45) is 0 Å². The molecule has 0 aliphatic heterocycles. The van der Waals surface area contributed by atoms with Gasteiger partial charge in [-0.1, -0.05) is 6.07 Å². The molecule has 7 nitrogen and oxygen atoms in total. The number of hydrogen-bond acceptors (Lipinski definition) is 5. The summed E-state index contributed by atoms with van der Waals surface area (Å²) in [6.07, 6.45) is 0. The van der Waals surface area contributed by atoms with Crippen LogP contribution in [-0.4, -0.2) is 34.3 Å². The van der Waals surface area contributed by atoms with Crippen molar-refractivity contribution in [3.63, 3.8) is 0 Å². The maximum Gasteiger partial charge on any atom is 0.251 e. The highest BCUT2D eigenvalue weighted by Gasteiger charge is 2.13. The van der Waals surface area contributed by atoms with Crippen LogP contribution in [0.2, 0.25) is 0 Å². The molecule has 8 heteroatoms. The number of carbonyl (C=O) groups is 1. The van der Waals surface area contributed by atoms with Gasteiger partial charge in [0.1, 0.15) is 11.5 Å². The van der Waals surface area contributed by atoms with Gasteiger partial charge in [-0.05, 0) is 43.3 Å². The van der Waals surface area contributed by atoms with E-state index in [4.69, 9.17) is 9.47 Å². The largest absolute Gasteiger partial charge is 0.496 e. The van der Waals surface area contributed by atoms with Gasteiger partial charge in [0.15, 0.2) is 0 Å². The van der Waals surface area contributed by atoms with Gasteiger partial charge in [-0.3, -0.25) is 9.52 Å². The Morgan fingerprint density at radius 3 is 2.08 bits per heavy atom. The minimum absolute atomic E-state index is 0.0179. The van der Waals surface area contributed by atoms with Crippen molar-refractivity contribution < 1.29 is 22.7 Å². The van der Waals surface area contributed by atoms with Gasteiger partial charge in [0, 0.05) is 11.3 Å². The summed E-state index contributed by atoms with van der Waals surface area (Å²) in [5.74, 6) is 0.932. The fourth-order valence-corrected chi connectivity index (χ4v) is 2.95. The highest BCUT2D eigenvalue weighted by molar-refractivity contribution is 7.92. The van der Waals surface area contributed by atoms with Crippen LogP contribution in [0.1, 0.15) is 22.8 Å². The summed E-state index contributed by atoms with van der Waals surface area (Å²) in [7, 11) is -0.242. The molecule has 0 aliphatic carbocycles. The summed E-state index contributed by atoms with van der Waals surface area (Å²) in [6.45, 7) is 1.78. The minimum atomic E-state index is -3.35. The third-order valence-electron chi connectivity index (χ3n) is 3.76. The SMILES string of the molecule is CCS(=O)(=O)Nc1ccc(C(=O)NCc2c(OC)cccc2OC)cc1. The predicted molar refractivity (Wildman–Crippen MR) is 100 cm³/mol. The molecule has 0 atom stereocenters. The van der Waals surface area contributed by atoms with Gasteiger partial charge in [0.2, 0.25) is 10.0 Å². The molecule has 2 aromatic rings. The minimum Gasteiger partial charge on any atom is -0.496 e.